The van der Waals surface area contributed by atoms with Crippen molar-refractivity contribution < 1.29 is 4.74 Å². The molecule has 17 heavy (non-hydrogen) atoms. The van der Waals surface area contributed by atoms with Gasteiger partial charge in [0.15, 0.2) is 0 Å². The average molecular weight is 300 g/mol. The van der Waals surface area contributed by atoms with Crippen LogP contribution >= 0.6 is 15.9 Å². The van der Waals surface area contributed by atoms with Gasteiger partial charge in [0.25, 0.3) is 0 Å². The summed E-state index contributed by atoms with van der Waals surface area (Å²) in [6.45, 7) is 8.76. The van der Waals surface area contributed by atoms with E-state index in [1.165, 1.54) is 5.56 Å². The fourth-order valence-electron chi connectivity index (χ4n) is 1.88. The minimum absolute atomic E-state index is 0.160. The Morgan fingerprint density at radius 2 is 2.06 bits per heavy atom. The molecule has 1 N–H and O–H groups in total. The maximum atomic E-state index is 5.22. The monoisotopic (exact) mass is 299 g/mol. The lowest BCUT2D eigenvalue weighted by Gasteiger charge is -2.27. The second-order valence-corrected chi connectivity index (χ2v) is 5.69. The largest absolute Gasteiger partial charge is 0.497 e. The zero-order valence-electron chi connectivity index (χ0n) is 11.1. The van der Waals surface area contributed by atoms with Crippen LogP contribution in [0.15, 0.2) is 22.7 Å². The van der Waals surface area contributed by atoms with Gasteiger partial charge in [-0.2, -0.15) is 0 Å². The molecule has 0 saturated carbocycles. The standard InChI is InChI=1S/C14H22BrNO/c1-5-16-9-8-14(2,3)12-7-6-11(17-4)10-13(12)15/h6-7,10,16H,5,8-9H2,1-4H3. The second kappa shape index (κ2) is 6.41. The summed E-state index contributed by atoms with van der Waals surface area (Å²) in [6.07, 6.45) is 1.12. The predicted molar refractivity (Wildman–Crippen MR) is 76.9 cm³/mol. The van der Waals surface area contributed by atoms with Gasteiger partial charge in [-0.3, -0.25) is 0 Å². The molecule has 0 fully saturated rings. The highest BCUT2D eigenvalue weighted by Crippen LogP contribution is 2.34. The lowest BCUT2D eigenvalue weighted by molar-refractivity contribution is 0.412. The van der Waals surface area contributed by atoms with Gasteiger partial charge in [-0.25, -0.2) is 0 Å². The third-order valence-corrected chi connectivity index (χ3v) is 3.74. The smallest absolute Gasteiger partial charge is 0.120 e. The third kappa shape index (κ3) is 4.00. The van der Waals surface area contributed by atoms with Crippen LogP contribution in [0.3, 0.4) is 0 Å². The van der Waals surface area contributed by atoms with Crippen LogP contribution in [0.4, 0.5) is 0 Å². The first-order valence-corrected chi connectivity index (χ1v) is 6.85. The summed E-state index contributed by atoms with van der Waals surface area (Å²) < 4.78 is 6.34. The molecule has 0 heterocycles. The lowest BCUT2D eigenvalue weighted by atomic mass is 9.81. The number of rotatable bonds is 6. The minimum atomic E-state index is 0.160. The second-order valence-electron chi connectivity index (χ2n) is 4.83. The van der Waals surface area contributed by atoms with E-state index >= 15 is 0 Å². The average Bonchev–Trinajstić information content (AvgIpc) is 2.28. The SMILES string of the molecule is CCNCCC(C)(C)c1ccc(OC)cc1Br. The van der Waals surface area contributed by atoms with Crippen molar-refractivity contribution in [3.05, 3.63) is 28.2 Å². The molecule has 0 aliphatic carbocycles. The maximum Gasteiger partial charge on any atom is 0.120 e. The third-order valence-electron chi connectivity index (χ3n) is 3.08. The van der Waals surface area contributed by atoms with Crippen molar-refractivity contribution in [1.82, 2.24) is 5.32 Å². The number of benzene rings is 1. The van der Waals surface area contributed by atoms with Gasteiger partial charge in [0.05, 0.1) is 7.11 Å². The minimum Gasteiger partial charge on any atom is -0.497 e. The molecule has 0 spiro atoms. The van der Waals surface area contributed by atoms with E-state index in [0.29, 0.717) is 0 Å². The Kier molecular flexibility index (Phi) is 5.47. The van der Waals surface area contributed by atoms with E-state index in [0.717, 1.165) is 29.7 Å². The number of nitrogens with one attached hydrogen (secondary N) is 1. The number of methoxy groups -OCH3 is 1. The number of hydrogen-bond donors (Lipinski definition) is 1. The number of hydrogen-bond acceptors (Lipinski definition) is 2. The van der Waals surface area contributed by atoms with E-state index in [2.05, 4.69) is 48.1 Å². The first-order chi connectivity index (χ1) is 8.01. The molecule has 3 heteroatoms. The van der Waals surface area contributed by atoms with Crippen LogP contribution in [0.2, 0.25) is 0 Å². The Bertz CT molecular complexity index is 363. The lowest BCUT2D eigenvalue weighted by Crippen LogP contribution is -2.25. The normalized spacial score (nSPS) is 11.6. The van der Waals surface area contributed by atoms with E-state index in [1.807, 2.05) is 12.1 Å². The molecular formula is C14H22BrNO. The van der Waals surface area contributed by atoms with Crippen LogP contribution in [0.25, 0.3) is 0 Å². The summed E-state index contributed by atoms with van der Waals surface area (Å²) in [6, 6.07) is 6.20. The van der Waals surface area contributed by atoms with Crippen molar-refractivity contribution in [2.45, 2.75) is 32.6 Å². The Morgan fingerprint density at radius 1 is 1.35 bits per heavy atom. The summed E-state index contributed by atoms with van der Waals surface area (Å²) in [5.74, 6) is 0.892. The maximum absolute atomic E-state index is 5.22. The van der Waals surface area contributed by atoms with Crippen molar-refractivity contribution in [2.24, 2.45) is 0 Å². The zero-order valence-corrected chi connectivity index (χ0v) is 12.7. The molecule has 0 saturated heterocycles. The highest BCUT2D eigenvalue weighted by atomic mass is 79.9. The van der Waals surface area contributed by atoms with E-state index in [4.69, 9.17) is 4.74 Å². The molecule has 0 aliphatic rings. The van der Waals surface area contributed by atoms with Gasteiger partial charge >= 0.3 is 0 Å². The van der Waals surface area contributed by atoms with E-state index in [-0.39, 0.29) is 5.41 Å². The van der Waals surface area contributed by atoms with Crippen molar-refractivity contribution in [3.63, 3.8) is 0 Å². The van der Waals surface area contributed by atoms with Gasteiger partial charge in [0, 0.05) is 4.47 Å². The van der Waals surface area contributed by atoms with E-state index < -0.39 is 0 Å². The summed E-state index contributed by atoms with van der Waals surface area (Å²) in [4.78, 5) is 0. The van der Waals surface area contributed by atoms with Crippen LogP contribution in [0.5, 0.6) is 5.75 Å². The molecule has 1 aromatic rings. The topological polar surface area (TPSA) is 21.3 Å². The molecule has 0 unspecified atom stereocenters. The number of halogens is 1. The van der Waals surface area contributed by atoms with Gasteiger partial charge in [0.2, 0.25) is 0 Å². The molecule has 0 aromatic heterocycles. The molecule has 0 aliphatic heterocycles. The van der Waals surface area contributed by atoms with Gasteiger partial charge in [-0.15, -0.1) is 0 Å². The van der Waals surface area contributed by atoms with Crippen LogP contribution in [0.1, 0.15) is 32.8 Å². The predicted octanol–water partition coefficient (Wildman–Crippen LogP) is 3.73. The first-order valence-electron chi connectivity index (χ1n) is 6.06. The molecule has 0 atom stereocenters. The van der Waals surface area contributed by atoms with Gasteiger partial charge < -0.3 is 10.1 Å². The first kappa shape index (κ1) is 14.5. The molecule has 0 amide bonds. The molecule has 0 bridgehead atoms. The molecule has 2 nitrogen and oxygen atoms in total. The molecule has 96 valence electrons. The summed E-state index contributed by atoms with van der Waals surface area (Å²) >= 11 is 3.63. The zero-order chi connectivity index (χ0) is 12.9. The Hall–Kier alpha value is -0.540. The highest BCUT2D eigenvalue weighted by molar-refractivity contribution is 9.10. The molecular weight excluding hydrogens is 278 g/mol. The van der Waals surface area contributed by atoms with Crippen molar-refractivity contribution in [3.8, 4) is 5.75 Å². The van der Waals surface area contributed by atoms with Gasteiger partial charge in [-0.05, 0) is 42.6 Å². The van der Waals surface area contributed by atoms with Crippen LogP contribution in [-0.4, -0.2) is 20.2 Å². The van der Waals surface area contributed by atoms with Crippen LogP contribution < -0.4 is 10.1 Å². The Labute approximate surface area is 113 Å². The molecule has 1 aromatic carbocycles. The van der Waals surface area contributed by atoms with E-state index in [1.54, 1.807) is 7.11 Å². The van der Waals surface area contributed by atoms with Gasteiger partial charge in [-0.1, -0.05) is 42.8 Å². The fourth-order valence-corrected chi connectivity index (χ4v) is 2.78. The Balaban J connectivity index is 2.82. The molecule has 0 radical (unpaired) electrons. The van der Waals surface area contributed by atoms with Crippen molar-refractivity contribution >= 4 is 15.9 Å². The van der Waals surface area contributed by atoms with Crippen LogP contribution in [-0.2, 0) is 5.41 Å². The fraction of sp³-hybridized carbons (Fsp3) is 0.571. The number of ether oxygens (including phenoxy) is 1. The quantitative estimate of drug-likeness (QED) is 0.808. The van der Waals surface area contributed by atoms with Gasteiger partial charge in [0.1, 0.15) is 5.75 Å². The molecule has 1 rings (SSSR count). The van der Waals surface area contributed by atoms with Crippen molar-refractivity contribution in [1.29, 1.82) is 0 Å². The van der Waals surface area contributed by atoms with E-state index in [9.17, 15) is 0 Å². The van der Waals surface area contributed by atoms with Crippen LogP contribution in [0, 0.1) is 0 Å². The Morgan fingerprint density at radius 3 is 2.59 bits per heavy atom. The highest BCUT2D eigenvalue weighted by Gasteiger charge is 2.22. The summed E-state index contributed by atoms with van der Waals surface area (Å²) in [5.41, 5.74) is 1.49. The summed E-state index contributed by atoms with van der Waals surface area (Å²) in [5, 5.41) is 3.38. The van der Waals surface area contributed by atoms with Crippen molar-refractivity contribution in [2.75, 3.05) is 20.2 Å². The summed E-state index contributed by atoms with van der Waals surface area (Å²) in [7, 11) is 1.69.